The van der Waals surface area contributed by atoms with Gasteiger partial charge >= 0.3 is 0 Å². The van der Waals surface area contributed by atoms with Crippen LogP contribution in [0, 0.1) is 11.8 Å². The lowest BCUT2D eigenvalue weighted by Gasteiger charge is -2.39. The molecule has 0 unspecified atom stereocenters. The molecule has 1 aliphatic carbocycles. The maximum Gasteiger partial charge on any atom is 0.243 e. The summed E-state index contributed by atoms with van der Waals surface area (Å²) in [5, 5.41) is 7.71. The fourth-order valence-corrected chi connectivity index (χ4v) is 3.50. The fourth-order valence-electron chi connectivity index (χ4n) is 3.50. The van der Waals surface area contributed by atoms with Crippen molar-refractivity contribution in [3.8, 4) is 0 Å². The van der Waals surface area contributed by atoms with E-state index in [1.54, 1.807) is 0 Å². The molecule has 2 heterocycles. The van der Waals surface area contributed by atoms with Crippen LogP contribution in [0.2, 0.25) is 0 Å². The quantitative estimate of drug-likeness (QED) is 0.866. The molecule has 2 fully saturated rings. The van der Waals surface area contributed by atoms with E-state index < -0.39 is 0 Å². The second-order valence-electron chi connectivity index (χ2n) is 7.66. The highest BCUT2D eigenvalue weighted by atomic mass is 16.5. The molecule has 1 aromatic rings. The van der Waals surface area contributed by atoms with Crippen LogP contribution < -0.4 is 5.32 Å². The Morgan fingerprint density at radius 1 is 1.33 bits per heavy atom. The van der Waals surface area contributed by atoms with Crippen LogP contribution in [0.4, 0.5) is 0 Å². The highest BCUT2D eigenvalue weighted by Gasteiger charge is 2.38. The van der Waals surface area contributed by atoms with Crippen LogP contribution in [0.15, 0.2) is 4.52 Å². The summed E-state index contributed by atoms with van der Waals surface area (Å²) in [6, 6.07) is 0.428. The van der Waals surface area contributed by atoms with E-state index in [0.29, 0.717) is 29.7 Å². The molecule has 3 atom stereocenters. The summed E-state index contributed by atoms with van der Waals surface area (Å²) < 4.78 is 5.41. The minimum atomic E-state index is 0.0368. The molecule has 0 spiro atoms. The number of amides is 1. The van der Waals surface area contributed by atoms with Gasteiger partial charge in [0.2, 0.25) is 11.8 Å². The van der Waals surface area contributed by atoms with E-state index in [-0.39, 0.29) is 12.0 Å². The topological polar surface area (TPSA) is 71.3 Å². The molecule has 2 aliphatic rings. The molecule has 1 N–H and O–H groups in total. The van der Waals surface area contributed by atoms with Crippen molar-refractivity contribution >= 4 is 5.91 Å². The van der Waals surface area contributed by atoms with Crippen LogP contribution in [-0.2, 0) is 4.79 Å². The van der Waals surface area contributed by atoms with Gasteiger partial charge in [0.15, 0.2) is 5.82 Å². The Balaban J connectivity index is 1.58. The number of carbonyl (C=O) groups excluding carboxylic acids is 1. The summed E-state index contributed by atoms with van der Waals surface area (Å²) in [5.41, 5.74) is 0. The Kier molecular flexibility index (Phi) is 5.23. The summed E-state index contributed by atoms with van der Waals surface area (Å²) in [7, 11) is 0. The predicted molar refractivity (Wildman–Crippen MR) is 91.4 cm³/mol. The number of rotatable bonds is 6. The van der Waals surface area contributed by atoms with Gasteiger partial charge in [-0.3, -0.25) is 4.79 Å². The normalized spacial score (nSPS) is 26.0. The molecule has 6 nitrogen and oxygen atoms in total. The lowest BCUT2D eigenvalue weighted by atomic mass is 9.89. The van der Waals surface area contributed by atoms with Gasteiger partial charge in [-0.1, -0.05) is 32.3 Å². The van der Waals surface area contributed by atoms with E-state index in [0.717, 1.165) is 44.6 Å². The van der Waals surface area contributed by atoms with E-state index in [2.05, 4.69) is 48.1 Å². The summed E-state index contributed by atoms with van der Waals surface area (Å²) in [5.74, 6) is 2.86. The summed E-state index contributed by atoms with van der Waals surface area (Å²) in [6.45, 7) is 10.1. The lowest BCUT2D eigenvalue weighted by molar-refractivity contribution is -0.134. The van der Waals surface area contributed by atoms with Gasteiger partial charge in [0, 0.05) is 31.0 Å². The van der Waals surface area contributed by atoms with E-state index in [4.69, 9.17) is 4.52 Å². The highest BCUT2D eigenvalue weighted by molar-refractivity contribution is 5.81. The van der Waals surface area contributed by atoms with Crippen LogP contribution in [0.5, 0.6) is 0 Å². The lowest BCUT2D eigenvalue weighted by Crippen LogP contribution is -2.51. The number of hydrogen-bond donors (Lipinski definition) is 1. The summed E-state index contributed by atoms with van der Waals surface area (Å²) in [4.78, 5) is 18.9. The average molecular weight is 334 g/mol. The molecular formula is C18H30N4O2. The minimum absolute atomic E-state index is 0.0368. The van der Waals surface area contributed by atoms with Gasteiger partial charge < -0.3 is 14.7 Å². The Hall–Kier alpha value is -1.43. The molecule has 1 amide bonds. The number of hydrogen-bond acceptors (Lipinski definition) is 5. The fraction of sp³-hybridized carbons (Fsp3) is 0.833. The zero-order valence-corrected chi connectivity index (χ0v) is 15.3. The van der Waals surface area contributed by atoms with E-state index >= 15 is 0 Å². The van der Waals surface area contributed by atoms with E-state index in [9.17, 15) is 4.79 Å². The Bertz CT molecular complexity index is 567. The van der Waals surface area contributed by atoms with Crippen LogP contribution in [0.1, 0.15) is 77.1 Å². The van der Waals surface area contributed by atoms with Crippen molar-refractivity contribution in [2.75, 3.05) is 13.1 Å². The third-order valence-electron chi connectivity index (χ3n) is 5.30. The Morgan fingerprint density at radius 2 is 2.08 bits per heavy atom. The van der Waals surface area contributed by atoms with Crippen molar-refractivity contribution in [2.24, 2.45) is 11.8 Å². The molecule has 1 aromatic heterocycles. The number of likely N-dealkylation sites (tertiary alicyclic amines) is 1. The first-order chi connectivity index (χ1) is 11.5. The zero-order valence-electron chi connectivity index (χ0n) is 15.3. The first kappa shape index (κ1) is 17.4. The van der Waals surface area contributed by atoms with Crippen molar-refractivity contribution in [1.82, 2.24) is 20.4 Å². The highest BCUT2D eigenvalue weighted by Crippen LogP contribution is 2.33. The molecule has 0 bridgehead atoms. The van der Waals surface area contributed by atoms with Gasteiger partial charge in [-0.2, -0.15) is 4.98 Å². The molecule has 1 aliphatic heterocycles. The van der Waals surface area contributed by atoms with Crippen molar-refractivity contribution in [1.29, 1.82) is 0 Å². The third kappa shape index (κ3) is 3.79. The van der Waals surface area contributed by atoms with Crippen molar-refractivity contribution < 1.29 is 9.32 Å². The zero-order chi connectivity index (χ0) is 17.3. The van der Waals surface area contributed by atoms with Crippen molar-refractivity contribution in [3.63, 3.8) is 0 Å². The summed E-state index contributed by atoms with van der Waals surface area (Å²) in [6.07, 6.45) is 4.23. The molecule has 1 saturated carbocycles. The largest absolute Gasteiger partial charge is 0.342 e. The van der Waals surface area contributed by atoms with Crippen molar-refractivity contribution in [3.05, 3.63) is 11.7 Å². The number of nitrogens with zero attached hydrogens (tertiary/aromatic N) is 3. The van der Waals surface area contributed by atoms with Gasteiger partial charge in [0.05, 0.1) is 6.04 Å². The van der Waals surface area contributed by atoms with Crippen LogP contribution >= 0.6 is 0 Å². The number of carbonyl (C=O) groups is 1. The maximum atomic E-state index is 12.3. The van der Waals surface area contributed by atoms with Gasteiger partial charge in [-0.25, -0.2) is 0 Å². The van der Waals surface area contributed by atoms with E-state index in [1.807, 2.05) is 0 Å². The molecule has 1 saturated heterocycles. The van der Waals surface area contributed by atoms with E-state index in [1.165, 1.54) is 0 Å². The first-order valence-electron chi connectivity index (χ1n) is 9.37. The Labute approximate surface area is 144 Å². The smallest absolute Gasteiger partial charge is 0.243 e. The number of aromatic nitrogens is 2. The van der Waals surface area contributed by atoms with Crippen molar-refractivity contribution in [2.45, 2.75) is 71.4 Å². The van der Waals surface area contributed by atoms with Crippen LogP contribution in [0.3, 0.4) is 0 Å². The summed E-state index contributed by atoms with van der Waals surface area (Å²) >= 11 is 0. The minimum Gasteiger partial charge on any atom is -0.342 e. The standard InChI is InChI=1S/C18H30N4O2/c1-5-13-10-22(18(23)14-6-7-14)9-8-15(13)19-12(4)17-20-16(11(2)3)21-24-17/h11-15,19H,5-10H2,1-4H3/t12-,13+,15+/m0/s1. The number of piperidine rings is 1. The van der Waals surface area contributed by atoms with Gasteiger partial charge in [0.1, 0.15) is 0 Å². The molecule has 24 heavy (non-hydrogen) atoms. The SMILES string of the molecule is CC[C@@H]1CN(C(=O)C2CC2)CC[C@H]1N[C@@H](C)c1nc(C(C)C)no1. The monoisotopic (exact) mass is 334 g/mol. The molecular weight excluding hydrogens is 304 g/mol. The molecule has 0 aromatic carbocycles. The molecule has 0 radical (unpaired) electrons. The number of nitrogens with one attached hydrogen (secondary N) is 1. The van der Waals surface area contributed by atoms with Gasteiger partial charge in [0.25, 0.3) is 0 Å². The molecule has 134 valence electrons. The Morgan fingerprint density at radius 3 is 2.67 bits per heavy atom. The molecule has 6 heteroatoms. The average Bonchev–Trinajstić information content (AvgIpc) is 3.30. The first-order valence-corrected chi connectivity index (χ1v) is 9.37. The second-order valence-corrected chi connectivity index (χ2v) is 7.66. The predicted octanol–water partition coefficient (Wildman–Crippen LogP) is 2.88. The van der Waals surface area contributed by atoms with Gasteiger partial charge in [-0.15, -0.1) is 0 Å². The van der Waals surface area contributed by atoms with Crippen LogP contribution in [0.25, 0.3) is 0 Å². The van der Waals surface area contributed by atoms with Gasteiger partial charge in [-0.05, 0) is 32.1 Å². The van der Waals surface area contributed by atoms with Crippen LogP contribution in [-0.4, -0.2) is 40.1 Å². The third-order valence-corrected chi connectivity index (χ3v) is 5.30. The second kappa shape index (κ2) is 7.21. The molecule has 3 rings (SSSR count). The maximum absolute atomic E-state index is 12.3.